The fraction of sp³-hybridized carbons (Fsp3) is 0.182. The molecule has 1 heterocycles. The van der Waals surface area contributed by atoms with Gasteiger partial charge < -0.3 is 15.4 Å². The van der Waals surface area contributed by atoms with Crippen LogP contribution in [0.25, 0.3) is 0 Å². The largest absolute Gasteiger partial charge is 0.489 e. The molecule has 3 aromatic rings. The average molecular weight is 361 g/mol. The molecule has 5 heteroatoms. The second-order valence-corrected chi connectivity index (χ2v) is 6.48. The monoisotopic (exact) mass is 361 g/mol. The first-order valence-electron chi connectivity index (χ1n) is 8.91. The van der Waals surface area contributed by atoms with Gasteiger partial charge in [-0.1, -0.05) is 30.3 Å². The first kappa shape index (κ1) is 18.5. The number of pyridine rings is 1. The molecule has 0 aliphatic heterocycles. The molecular weight excluding hydrogens is 338 g/mol. The van der Waals surface area contributed by atoms with Crippen molar-refractivity contribution in [3.05, 3.63) is 84.1 Å². The fourth-order valence-electron chi connectivity index (χ4n) is 2.51. The highest BCUT2D eigenvalue weighted by Crippen LogP contribution is 2.20. The van der Waals surface area contributed by atoms with E-state index >= 15 is 0 Å². The highest BCUT2D eigenvalue weighted by atomic mass is 16.5. The van der Waals surface area contributed by atoms with Crippen LogP contribution in [0.1, 0.15) is 29.8 Å². The molecule has 3 rings (SSSR count). The lowest BCUT2D eigenvalue weighted by atomic mass is 10.2. The van der Waals surface area contributed by atoms with Gasteiger partial charge in [0.05, 0.1) is 0 Å². The van der Waals surface area contributed by atoms with Crippen molar-refractivity contribution >= 4 is 17.4 Å². The van der Waals surface area contributed by atoms with E-state index in [4.69, 9.17) is 4.74 Å². The lowest BCUT2D eigenvalue weighted by Gasteiger charge is -2.11. The molecule has 1 amide bonds. The van der Waals surface area contributed by atoms with Crippen molar-refractivity contribution in [1.29, 1.82) is 0 Å². The van der Waals surface area contributed by atoms with E-state index in [0.717, 1.165) is 17.0 Å². The predicted molar refractivity (Wildman–Crippen MR) is 107 cm³/mol. The number of hydrogen-bond acceptors (Lipinski definition) is 4. The van der Waals surface area contributed by atoms with Gasteiger partial charge in [-0.3, -0.25) is 4.79 Å². The summed E-state index contributed by atoms with van der Waals surface area (Å²) in [6.45, 7) is 4.39. The van der Waals surface area contributed by atoms with E-state index in [1.165, 1.54) is 0 Å². The van der Waals surface area contributed by atoms with E-state index in [9.17, 15) is 4.79 Å². The average Bonchev–Trinajstić information content (AvgIpc) is 2.68. The Kier molecular flexibility index (Phi) is 6.05. The molecule has 0 unspecified atom stereocenters. The summed E-state index contributed by atoms with van der Waals surface area (Å²) in [7, 11) is 0. The zero-order chi connectivity index (χ0) is 19.1. The first-order valence-corrected chi connectivity index (χ1v) is 8.91. The van der Waals surface area contributed by atoms with Crippen LogP contribution < -0.4 is 15.4 Å². The Morgan fingerprint density at radius 1 is 1.04 bits per heavy atom. The second kappa shape index (κ2) is 8.85. The van der Waals surface area contributed by atoms with Gasteiger partial charge in [-0.05, 0) is 55.8 Å². The molecule has 5 nitrogen and oxygen atoms in total. The number of amides is 1. The number of ether oxygens (including phenoxy) is 1. The SMILES string of the molecule is CC(C)NC(=O)c1ccnc(Nc2ccc(OCc3ccccc3)cc2)c1. The van der Waals surface area contributed by atoms with Crippen molar-refractivity contribution in [3.63, 3.8) is 0 Å². The number of carbonyl (C=O) groups excluding carboxylic acids is 1. The van der Waals surface area contributed by atoms with Crippen LogP contribution in [-0.4, -0.2) is 16.9 Å². The van der Waals surface area contributed by atoms with Gasteiger partial charge in [0, 0.05) is 23.5 Å². The van der Waals surface area contributed by atoms with E-state index in [2.05, 4.69) is 15.6 Å². The molecule has 0 aliphatic carbocycles. The highest BCUT2D eigenvalue weighted by molar-refractivity contribution is 5.95. The summed E-state index contributed by atoms with van der Waals surface area (Å²) in [5.41, 5.74) is 2.57. The van der Waals surface area contributed by atoms with Crippen LogP contribution in [0.5, 0.6) is 5.75 Å². The number of rotatable bonds is 7. The summed E-state index contributed by atoms with van der Waals surface area (Å²) in [6.07, 6.45) is 1.62. The lowest BCUT2D eigenvalue weighted by molar-refractivity contribution is 0.0943. The van der Waals surface area contributed by atoms with Crippen LogP contribution in [0.4, 0.5) is 11.5 Å². The van der Waals surface area contributed by atoms with Gasteiger partial charge in [-0.25, -0.2) is 4.98 Å². The van der Waals surface area contributed by atoms with E-state index in [1.54, 1.807) is 18.3 Å². The lowest BCUT2D eigenvalue weighted by Crippen LogP contribution is -2.30. The molecule has 2 aromatic carbocycles. The van der Waals surface area contributed by atoms with Gasteiger partial charge in [0.2, 0.25) is 0 Å². The van der Waals surface area contributed by atoms with E-state index in [-0.39, 0.29) is 11.9 Å². The standard InChI is InChI=1S/C22H23N3O2/c1-16(2)24-22(26)18-12-13-23-21(14-18)25-19-8-10-20(11-9-19)27-15-17-6-4-3-5-7-17/h3-14,16H,15H2,1-2H3,(H,23,25)(H,24,26). The molecule has 0 bridgehead atoms. The first-order chi connectivity index (χ1) is 13.1. The Morgan fingerprint density at radius 2 is 1.78 bits per heavy atom. The minimum Gasteiger partial charge on any atom is -0.489 e. The number of hydrogen-bond donors (Lipinski definition) is 2. The molecular formula is C22H23N3O2. The summed E-state index contributed by atoms with van der Waals surface area (Å²) in [5, 5.41) is 6.08. The van der Waals surface area contributed by atoms with Crippen molar-refractivity contribution in [1.82, 2.24) is 10.3 Å². The number of aromatic nitrogens is 1. The maximum atomic E-state index is 12.1. The fourth-order valence-corrected chi connectivity index (χ4v) is 2.51. The molecule has 27 heavy (non-hydrogen) atoms. The third-order valence-electron chi connectivity index (χ3n) is 3.82. The minimum absolute atomic E-state index is 0.0884. The topological polar surface area (TPSA) is 63.2 Å². The number of carbonyl (C=O) groups is 1. The smallest absolute Gasteiger partial charge is 0.251 e. The van der Waals surface area contributed by atoms with Gasteiger partial charge in [-0.15, -0.1) is 0 Å². The number of anilines is 2. The molecule has 0 aliphatic rings. The Labute approximate surface area is 159 Å². The van der Waals surface area contributed by atoms with Gasteiger partial charge in [0.25, 0.3) is 5.91 Å². The molecule has 0 saturated heterocycles. The van der Waals surface area contributed by atoms with Crippen LogP contribution in [0, 0.1) is 0 Å². The molecule has 2 N–H and O–H groups in total. The summed E-state index contributed by atoms with van der Waals surface area (Å²) >= 11 is 0. The predicted octanol–water partition coefficient (Wildman–Crippen LogP) is 4.54. The maximum absolute atomic E-state index is 12.1. The summed E-state index contributed by atoms with van der Waals surface area (Å²) < 4.78 is 5.79. The summed E-state index contributed by atoms with van der Waals surface area (Å²) in [5.74, 6) is 1.30. The molecule has 0 spiro atoms. The minimum atomic E-state index is -0.111. The maximum Gasteiger partial charge on any atom is 0.251 e. The summed E-state index contributed by atoms with van der Waals surface area (Å²) in [6, 6.07) is 21.2. The van der Waals surface area contributed by atoms with Gasteiger partial charge in [-0.2, -0.15) is 0 Å². The quantitative estimate of drug-likeness (QED) is 0.648. The molecule has 1 aromatic heterocycles. The van der Waals surface area contributed by atoms with Crippen LogP contribution in [0.15, 0.2) is 72.9 Å². The van der Waals surface area contributed by atoms with Crippen molar-refractivity contribution in [2.45, 2.75) is 26.5 Å². The van der Waals surface area contributed by atoms with Crippen molar-refractivity contribution in [2.75, 3.05) is 5.32 Å². The summed E-state index contributed by atoms with van der Waals surface area (Å²) in [4.78, 5) is 16.4. The van der Waals surface area contributed by atoms with Crippen LogP contribution in [0.2, 0.25) is 0 Å². The van der Waals surface area contributed by atoms with E-state index in [0.29, 0.717) is 18.0 Å². The Balaban J connectivity index is 1.60. The zero-order valence-corrected chi connectivity index (χ0v) is 15.5. The second-order valence-electron chi connectivity index (χ2n) is 6.48. The van der Waals surface area contributed by atoms with Crippen molar-refractivity contribution in [2.24, 2.45) is 0 Å². The Morgan fingerprint density at radius 3 is 2.48 bits per heavy atom. The number of benzene rings is 2. The third kappa shape index (κ3) is 5.57. The number of nitrogens with one attached hydrogen (secondary N) is 2. The molecule has 0 atom stereocenters. The highest BCUT2D eigenvalue weighted by Gasteiger charge is 2.08. The van der Waals surface area contributed by atoms with Crippen LogP contribution >= 0.6 is 0 Å². The van der Waals surface area contributed by atoms with Gasteiger partial charge in [0.1, 0.15) is 18.2 Å². The normalized spacial score (nSPS) is 10.5. The van der Waals surface area contributed by atoms with E-state index in [1.807, 2.05) is 68.4 Å². The van der Waals surface area contributed by atoms with Crippen molar-refractivity contribution in [3.8, 4) is 5.75 Å². The van der Waals surface area contributed by atoms with Crippen LogP contribution in [0.3, 0.4) is 0 Å². The molecule has 0 fully saturated rings. The Bertz CT molecular complexity index is 878. The molecule has 0 saturated carbocycles. The molecule has 138 valence electrons. The zero-order valence-electron chi connectivity index (χ0n) is 15.5. The van der Waals surface area contributed by atoms with E-state index < -0.39 is 0 Å². The molecule has 0 radical (unpaired) electrons. The Hall–Kier alpha value is -3.34. The van der Waals surface area contributed by atoms with Crippen LogP contribution in [-0.2, 0) is 6.61 Å². The van der Waals surface area contributed by atoms with Gasteiger partial charge >= 0.3 is 0 Å². The van der Waals surface area contributed by atoms with Gasteiger partial charge in [0.15, 0.2) is 0 Å². The van der Waals surface area contributed by atoms with Crippen molar-refractivity contribution < 1.29 is 9.53 Å². The number of nitrogens with zero attached hydrogens (tertiary/aromatic N) is 1. The third-order valence-corrected chi connectivity index (χ3v) is 3.82.